The fraction of sp³-hybridized carbons (Fsp3) is 0.214. The van der Waals surface area contributed by atoms with Gasteiger partial charge in [0.15, 0.2) is 5.65 Å². The lowest BCUT2D eigenvalue weighted by atomic mass is 10.2. The second-order valence-corrected chi connectivity index (χ2v) is 5.61. The van der Waals surface area contributed by atoms with Crippen molar-refractivity contribution in [3.63, 3.8) is 0 Å². The highest BCUT2D eigenvalue weighted by molar-refractivity contribution is 6.31. The molecular weight excluding hydrogens is 295 g/mol. The van der Waals surface area contributed by atoms with E-state index in [9.17, 15) is 0 Å². The zero-order chi connectivity index (χ0) is 14.1. The maximum absolute atomic E-state index is 6.23. The molecule has 0 radical (unpaired) electrons. The summed E-state index contributed by atoms with van der Waals surface area (Å²) in [6.07, 6.45) is 5.16. The van der Waals surface area contributed by atoms with Gasteiger partial charge in [-0.1, -0.05) is 11.6 Å². The number of rotatable bonds is 3. The molecule has 0 amide bonds. The van der Waals surface area contributed by atoms with E-state index in [4.69, 9.17) is 23.2 Å². The van der Waals surface area contributed by atoms with E-state index in [0.717, 1.165) is 22.6 Å². The largest absolute Gasteiger partial charge is 0.307 e. The molecule has 1 unspecified atom stereocenters. The first-order valence-corrected chi connectivity index (χ1v) is 7.01. The Labute approximate surface area is 126 Å². The molecule has 3 aromatic heterocycles. The van der Waals surface area contributed by atoms with E-state index in [1.165, 1.54) is 0 Å². The highest BCUT2D eigenvalue weighted by Gasteiger charge is 2.16. The molecule has 102 valence electrons. The van der Waals surface area contributed by atoms with Gasteiger partial charge in [-0.15, -0.1) is 11.6 Å². The van der Waals surface area contributed by atoms with Crippen LogP contribution < -0.4 is 0 Å². The van der Waals surface area contributed by atoms with Crippen molar-refractivity contribution in [1.29, 1.82) is 0 Å². The van der Waals surface area contributed by atoms with E-state index in [1.54, 1.807) is 24.7 Å². The maximum Gasteiger partial charge on any atom is 0.160 e. The summed E-state index contributed by atoms with van der Waals surface area (Å²) in [6.45, 7) is 2.55. The fourth-order valence-corrected chi connectivity index (χ4v) is 2.45. The third-order valence-corrected chi connectivity index (χ3v) is 3.43. The highest BCUT2D eigenvalue weighted by Crippen LogP contribution is 2.25. The normalized spacial score (nSPS) is 12.8. The Morgan fingerprint density at radius 3 is 2.75 bits per heavy atom. The molecule has 0 aliphatic carbocycles. The Morgan fingerprint density at radius 1 is 1.30 bits per heavy atom. The second-order valence-electron chi connectivity index (χ2n) is 4.52. The van der Waals surface area contributed by atoms with E-state index < -0.39 is 0 Å². The third-order valence-electron chi connectivity index (χ3n) is 3.03. The lowest BCUT2D eigenvalue weighted by molar-refractivity contribution is 0.735. The molecule has 0 aliphatic rings. The summed E-state index contributed by atoms with van der Waals surface area (Å²) < 4.78 is 2.01. The molecule has 3 heterocycles. The number of imidazole rings is 1. The summed E-state index contributed by atoms with van der Waals surface area (Å²) in [4.78, 5) is 12.9. The molecule has 6 heteroatoms. The van der Waals surface area contributed by atoms with Gasteiger partial charge in [-0.2, -0.15) is 0 Å². The van der Waals surface area contributed by atoms with Crippen LogP contribution in [-0.4, -0.2) is 19.5 Å². The monoisotopic (exact) mass is 306 g/mol. The number of hydrogen-bond acceptors (Lipinski definition) is 3. The first-order valence-electron chi connectivity index (χ1n) is 6.20. The fourth-order valence-electron chi connectivity index (χ4n) is 2.13. The summed E-state index contributed by atoms with van der Waals surface area (Å²) >= 11 is 12.2. The Balaban J connectivity index is 2.14. The van der Waals surface area contributed by atoms with Gasteiger partial charge in [0.05, 0.1) is 16.9 Å². The van der Waals surface area contributed by atoms with Crippen LogP contribution in [-0.2, 0) is 6.54 Å². The van der Waals surface area contributed by atoms with Crippen molar-refractivity contribution >= 4 is 34.4 Å². The van der Waals surface area contributed by atoms with Crippen LogP contribution in [0.1, 0.15) is 23.7 Å². The summed E-state index contributed by atoms with van der Waals surface area (Å²) in [5, 5.41) is 0.365. The van der Waals surface area contributed by atoms with Crippen LogP contribution in [0.4, 0.5) is 0 Å². The number of aromatic nitrogens is 4. The number of alkyl halides is 1. The average Bonchev–Trinajstić information content (AvgIpc) is 2.78. The average molecular weight is 307 g/mol. The van der Waals surface area contributed by atoms with Gasteiger partial charge < -0.3 is 4.57 Å². The van der Waals surface area contributed by atoms with Gasteiger partial charge in [0.1, 0.15) is 11.3 Å². The lowest BCUT2D eigenvalue weighted by Gasteiger charge is -2.09. The summed E-state index contributed by atoms with van der Waals surface area (Å²) in [7, 11) is 0. The second kappa shape index (κ2) is 5.38. The highest BCUT2D eigenvalue weighted by atomic mass is 35.5. The molecule has 0 saturated carbocycles. The molecular formula is C14H12Cl2N4. The molecule has 0 bridgehead atoms. The SMILES string of the molecule is CC(Cl)c1nc2cc(Cl)cnc2n1Cc1ccncc1. The van der Waals surface area contributed by atoms with Gasteiger partial charge >= 0.3 is 0 Å². The van der Waals surface area contributed by atoms with E-state index in [0.29, 0.717) is 11.6 Å². The molecule has 0 N–H and O–H groups in total. The minimum Gasteiger partial charge on any atom is -0.307 e. The number of halogens is 2. The molecule has 0 fully saturated rings. The minimum absolute atomic E-state index is 0.204. The van der Waals surface area contributed by atoms with E-state index in [1.807, 2.05) is 23.6 Å². The van der Waals surface area contributed by atoms with Crippen molar-refractivity contribution in [1.82, 2.24) is 19.5 Å². The van der Waals surface area contributed by atoms with Gasteiger partial charge in [0.25, 0.3) is 0 Å². The van der Waals surface area contributed by atoms with Crippen molar-refractivity contribution in [2.45, 2.75) is 18.8 Å². The molecule has 3 aromatic rings. The molecule has 0 spiro atoms. The van der Waals surface area contributed by atoms with Gasteiger partial charge in [-0.05, 0) is 30.7 Å². The Hall–Kier alpha value is -1.65. The number of fused-ring (bicyclic) bond motifs is 1. The minimum atomic E-state index is -0.204. The van der Waals surface area contributed by atoms with Crippen LogP contribution >= 0.6 is 23.2 Å². The first-order chi connectivity index (χ1) is 9.65. The quantitative estimate of drug-likeness (QED) is 0.691. The van der Waals surface area contributed by atoms with Gasteiger partial charge in [0.2, 0.25) is 0 Å². The lowest BCUT2D eigenvalue weighted by Crippen LogP contribution is -2.06. The van der Waals surface area contributed by atoms with Gasteiger partial charge in [-0.25, -0.2) is 9.97 Å². The summed E-state index contributed by atoms with van der Waals surface area (Å²) in [6, 6.07) is 5.73. The molecule has 20 heavy (non-hydrogen) atoms. The molecule has 0 aromatic carbocycles. The molecule has 0 saturated heterocycles. The summed E-state index contributed by atoms with van der Waals surface area (Å²) in [5.74, 6) is 0.785. The zero-order valence-electron chi connectivity index (χ0n) is 10.8. The summed E-state index contributed by atoms with van der Waals surface area (Å²) in [5.41, 5.74) is 2.66. The molecule has 1 atom stereocenters. The predicted octanol–water partition coefficient (Wildman–Crippen LogP) is 3.83. The van der Waals surface area contributed by atoms with Crippen molar-refractivity contribution in [2.24, 2.45) is 0 Å². The van der Waals surface area contributed by atoms with Crippen LogP contribution in [0.3, 0.4) is 0 Å². The van der Waals surface area contributed by atoms with Crippen LogP contribution in [0.5, 0.6) is 0 Å². The van der Waals surface area contributed by atoms with Crippen molar-refractivity contribution in [2.75, 3.05) is 0 Å². The van der Waals surface area contributed by atoms with Gasteiger partial charge in [0, 0.05) is 18.6 Å². The predicted molar refractivity (Wildman–Crippen MR) is 80.1 cm³/mol. The molecule has 3 rings (SSSR count). The van der Waals surface area contributed by atoms with Crippen LogP contribution in [0.15, 0.2) is 36.8 Å². The molecule has 0 aliphatic heterocycles. The van der Waals surface area contributed by atoms with Crippen LogP contribution in [0.2, 0.25) is 5.02 Å². The van der Waals surface area contributed by atoms with Crippen LogP contribution in [0.25, 0.3) is 11.2 Å². The van der Waals surface area contributed by atoms with E-state index >= 15 is 0 Å². The molecule has 4 nitrogen and oxygen atoms in total. The standard InChI is InChI=1S/C14H12Cl2N4/c1-9(15)13-19-12-6-11(16)7-18-14(12)20(13)8-10-2-4-17-5-3-10/h2-7,9H,8H2,1H3. The maximum atomic E-state index is 6.23. The zero-order valence-corrected chi connectivity index (χ0v) is 12.3. The smallest absolute Gasteiger partial charge is 0.160 e. The topological polar surface area (TPSA) is 43.6 Å². The van der Waals surface area contributed by atoms with Crippen LogP contribution in [0, 0.1) is 0 Å². The Bertz CT molecular complexity index is 738. The number of hydrogen-bond donors (Lipinski definition) is 0. The van der Waals surface area contributed by atoms with E-state index in [-0.39, 0.29) is 5.38 Å². The Kier molecular flexibility index (Phi) is 3.59. The van der Waals surface area contributed by atoms with E-state index in [2.05, 4.69) is 15.0 Å². The van der Waals surface area contributed by atoms with Gasteiger partial charge in [-0.3, -0.25) is 4.98 Å². The first kappa shape index (κ1) is 13.3. The van der Waals surface area contributed by atoms with Crippen molar-refractivity contribution < 1.29 is 0 Å². The van der Waals surface area contributed by atoms with Crippen molar-refractivity contribution in [3.05, 3.63) is 53.2 Å². The Morgan fingerprint density at radius 2 is 2.05 bits per heavy atom. The number of nitrogens with zero attached hydrogens (tertiary/aromatic N) is 4. The third kappa shape index (κ3) is 2.49. The van der Waals surface area contributed by atoms with Crippen molar-refractivity contribution in [3.8, 4) is 0 Å². The number of pyridine rings is 2.